The average molecular weight is 785 g/mol. The summed E-state index contributed by atoms with van der Waals surface area (Å²) in [5.41, 5.74) is 9.39. The van der Waals surface area contributed by atoms with Gasteiger partial charge < -0.3 is 0 Å². The van der Waals surface area contributed by atoms with Gasteiger partial charge in [-0.3, -0.25) is 4.99 Å². The summed E-state index contributed by atoms with van der Waals surface area (Å²) in [6, 6.07) is 71.6. The lowest BCUT2D eigenvalue weighted by Crippen LogP contribution is -2.37. The number of nitriles is 2. The molecule has 9 rings (SSSR count). The lowest BCUT2D eigenvalue weighted by molar-refractivity contribution is 0.479. The minimum atomic E-state index is -0.987. The van der Waals surface area contributed by atoms with Crippen molar-refractivity contribution >= 4 is 11.5 Å². The Morgan fingerprint density at radius 1 is 0.492 bits per heavy atom. The molecule has 0 spiro atoms. The molecule has 8 aromatic rings. The number of hydrogen-bond acceptors (Lipinski definition) is 6. The van der Waals surface area contributed by atoms with E-state index in [1.54, 1.807) is 0 Å². The van der Waals surface area contributed by atoms with Crippen LogP contribution in [0.2, 0.25) is 0 Å². The van der Waals surface area contributed by atoms with Crippen molar-refractivity contribution in [2.75, 3.05) is 0 Å². The highest BCUT2D eigenvalue weighted by Crippen LogP contribution is 2.44. The summed E-state index contributed by atoms with van der Waals surface area (Å²) < 4.78 is 0. The van der Waals surface area contributed by atoms with Crippen LogP contribution in [0.15, 0.2) is 210 Å². The molecule has 7 aromatic carbocycles. The molecule has 290 valence electrons. The Morgan fingerprint density at radius 3 is 1.39 bits per heavy atom. The molecule has 6 nitrogen and oxygen atoms in total. The quantitative estimate of drug-likeness (QED) is 0.136. The van der Waals surface area contributed by atoms with Crippen molar-refractivity contribution in [2.45, 2.75) is 25.3 Å². The molecule has 0 saturated heterocycles. The first-order chi connectivity index (χ1) is 29.9. The third kappa shape index (κ3) is 7.11. The van der Waals surface area contributed by atoms with Crippen molar-refractivity contribution < 1.29 is 0 Å². The smallest absolute Gasteiger partial charge is 0.160 e. The van der Waals surface area contributed by atoms with Gasteiger partial charge in [0, 0.05) is 27.7 Å². The van der Waals surface area contributed by atoms with Crippen molar-refractivity contribution in [1.29, 1.82) is 10.5 Å². The van der Waals surface area contributed by atoms with Gasteiger partial charge in [-0.15, -0.1) is 0 Å². The van der Waals surface area contributed by atoms with Crippen LogP contribution in [-0.2, 0) is 5.41 Å². The molecule has 0 N–H and O–H groups in total. The highest BCUT2D eigenvalue weighted by molar-refractivity contribution is 6.17. The number of benzene rings is 7. The van der Waals surface area contributed by atoms with E-state index in [0.29, 0.717) is 34.3 Å². The van der Waals surface area contributed by atoms with Crippen LogP contribution in [0.3, 0.4) is 0 Å². The Kier molecular flexibility index (Phi) is 10.3. The number of rotatable bonds is 9. The zero-order valence-electron chi connectivity index (χ0n) is 33.8. The number of aliphatic imine (C=N–C) groups is 2. The standard InChI is InChI=1S/C55H40N6/c1-54(37-57)50(40-22-12-5-13-23-40)60-53(61-51(54)41-24-14-6-15-25-41)43-30-34-46(35-31-43)55(2,44-26-16-7-17-27-44)45-32-28-42(29-33-45)52-58-48(38-18-8-3-9-19-38)47(36-56)49(59-52)39-20-10-4-11-21-39/h3-35,50H,1-2H3. The third-order valence-electron chi connectivity index (χ3n) is 11.8. The Labute approximate surface area is 356 Å². The number of nitrogens with zero attached hydrogens (tertiary/aromatic N) is 6. The zero-order chi connectivity index (χ0) is 41.8. The van der Waals surface area contributed by atoms with Crippen LogP contribution in [0.4, 0.5) is 0 Å². The molecular weight excluding hydrogens is 745 g/mol. The summed E-state index contributed by atoms with van der Waals surface area (Å²) in [6.07, 6.45) is 0. The van der Waals surface area contributed by atoms with Gasteiger partial charge in [0.05, 0.1) is 23.2 Å². The van der Waals surface area contributed by atoms with Crippen molar-refractivity contribution in [3.8, 4) is 46.0 Å². The largest absolute Gasteiger partial charge is 0.256 e. The lowest BCUT2D eigenvalue weighted by atomic mass is 9.71. The molecule has 0 radical (unpaired) electrons. The first-order valence-corrected chi connectivity index (χ1v) is 20.3. The fourth-order valence-corrected chi connectivity index (χ4v) is 8.37. The molecule has 3 atom stereocenters. The van der Waals surface area contributed by atoms with Gasteiger partial charge in [-0.05, 0) is 41.7 Å². The van der Waals surface area contributed by atoms with Crippen LogP contribution in [0.5, 0.6) is 0 Å². The molecule has 0 fully saturated rings. The summed E-state index contributed by atoms with van der Waals surface area (Å²) in [6.45, 7) is 4.19. The fraction of sp³-hybridized carbons (Fsp3) is 0.0909. The summed E-state index contributed by atoms with van der Waals surface area (Å²) >= 11 is 0. The molecule has 0 bridgehead atoms. The molecule has 6 heteroatoms. The first-order valence-electron chi connectivity index (χ1n) is 20.3. The maximum Gasteiger partial charge on any atom is 0.160 e. The van der Waals surface area contributed by atoms with E-state index in [2.05, 4.69) is 91.9 Å². The maximum absolute atomic E-state index is 10.7. The monoisotopic (exact) mass is 784 g/mol. The van der Waals surface area contributed by atoms with E-state index in [0.717, 1.165) is 50.1 Å². The van der Waals surface area contributed by atoms with Gasteiger partial charge in [0.2, 0.25) is 0 Å². The van der Waals surface area contributed by atoms with Gasteiger partial charge >= 0.3 is 0 Å². The Balaban J connectivity index is 1.13. The molecule has 1 aromatic heterocycles. The van der Waals surface area contributed by atoms with Gasteiger partial charge in [-0.1, -0.05) is 200 Å². The minimum absolute atomic E-state index is 0.439. The second kappa shape index (κ2) is 16.3. The molecule has 0 aliphatic carbocycles. The zero-order valence-corrected chi connectivity index (χ0v) is 33.8. The Bertz CT molecular complexity index is 2910. The summed E-state index contributed by atoms with van der Waals surface area (Å²) in [5.74, 6) is 1.13. The second-order valence-corrected chi connectivity index (χ2v) is 15.5. The predicted octanol–water partition coefficient (Wildman–Crippen LogP) is 12.2. The van der Waals surface area contributed by atoms with E-state index < -0.39 is 16.9 Å². The third-order valence-corrected chi connectivity index (χ3v) is 11.8. The molecular formula is C55H40N6. The minimum Gasteiger partial charge on any atom is -0.256 e. The molecule has 61 heavy (non-hydrogen) atoms. The molecule has 0 amide bonds. The fourth-order valence-electron chi connectivity index (χ4n) is 8.37. The lowest BCUT2D eigenvalue weighted by Gasteiger charge is -2.35. The van der Waals surface area contributed by atoms with Crippen LogP contribution in [0.25, 0.3) is 33.9 Å². The molecule has 0 saturated carbocycles. The number of amidine groups is 1. The van der Waals surface area contributed by atoms with Gasteiger partial charge in [-0.25, -0.2) is 15.0 Å². The van der Waals surface area contributed by atoms with Crippen LogP contribution in [0.1, 0.15) is 58.8 Å². The van der Waals surface area contributed by atoms with Crippen LogP contribution in [-0.4, -0.2) is 21.5 Å². The highest BCUT2D eigenvalue weighted by Gasteiger charge is 2.44. The van der Waals surface area contributed by atoms with E-state index in [9.17, 15) is 10.5 Å². The molecule has 3 unspecified atom stereocenters. The Hall–Kier alpha value is -8.06. The maximum atomic E-state index is 10.7. The first kappa shape index (κ1) is 38.5. The summed E-state index contributed by atoms with van der Waals surface area (Å²) in [7, 11) is 0. The number of hydrogen-bond donors (Lipinski definition) is 0. The van der Waals surface area contributed by atoms with Crippen LogP contribution >= 0.6 is 0 Å². The van der Waals surface area contributed by atoms with Crippen molar-refractivity contribution in [1.82, 2.24) is 9.97 Å². The molecule has 1 aliphatic heterocycles. The number of aromatic nitrogens is 2. The normalized spacial score (nSPS) is 16.9. The molecule has 2 heterocycles. The van der Waals surface area contributed by atoms with E-state index >= 15 is 0 Å². The van der Waals surface area contributed by atoms with Gasteiger partial charge in [0.15, 0.2) is 11.7 Å². The van der Waals surface area contributed by atoms with Gasteiger partial charge in [-0.2, -0.15) is 10.5 Å². The summed E-state index contributed by atoms with van der Waals surface area (Å²) in [4.78, 5) is 20.4. The second-order valence-electron chi connectivity index (χ2n) is 15.5. The average Bonchev–Trinajstić information content (AvgIpc) is 3.34. The van der Waals surface area contributed by atoms with Crippen LogP contribution in [0, 0.1) is 28.1 Å². The van der Waals surface area contributed by atoms with Crippen molar-refractivity contribution in [2.24, 2.45) is 15.4 Å². The van der Waals surface area contributed by atoms with Gasteiger partial charge in [0.25, 0.3) is 0 Å². The highest BCUT2D eigenvalue weighted by atomic mass is 15.0. The predicted molar refractivity (Wildman–Crippen MR) is 244 cm³/mol. The van der Waals surface area contributed by atoms with E-state index in [-0.39, 0.29) is 0 Å². The van der Waals surface area contributed by atoms with Gasteiger partial charge in [0.1, 0.15) is 23.1 Å². The van der Waals surface area contributed by atoms with Crippen LogP contribution < -0.4 is 0 Å². The topological polar surface area (TPSA) is 98.1 Å². The van der Waals surface area contributed by atoms with Crippen molar-refractivity contribution in [3.05, 3.63) is 239 Å². The van der Waals surface area contributed by atoms with E-state index in [4.69, 9.17) is 20.0 Å². The Morgan fingerprint density at radius 2 is 0.918 bits per heavy atom. The van der Waals surface area contributed by atoms with Crippen molar-refractivity contribution in [3.63, 3.8) is 0 Å². The van der Waals surface area contributed by atoms with E-state index in [1.165, 1.54) is 0 Å². The summed E-state index contributed by atoms with van der Waals surface area (Å²) in [5, 5.41) is 21.1. The molecule has 1 aliphatic rings. The van der Waals surface area contributed by atoms with E-state index in [1.807, 2.05) is 134 Å². The SMILES string of the molecule is CC(c1ccccc1)(c1ccc(C2=NC(c3ccccc3)C(C)(C#N)C(c3ccccc3)=N2)cc1)c1ccc(-c2nc(-c3ccccc3)c(C#N)c(-c3ccccc3)n2)cc1.